The van der Waals surface area contributed by atoms with Crippen LogP contribution in [0.2, 0.25) is 0 Å². The van der Waals surface area contributed by atoms with E-state index in [1.807, 2.05) is 20.8 Å². The molecule has 10 nitrogen and oxygen atoms in total. The Hall–Kier alpha value is -3.63. The Balaban J connectivity index is 1.86. The van der Waals surface area contributed by atoms with Gasteiger partial charge in [-0.05, 0) is 72.6 Å². The fourth-order valence-corrected chi connectivity index (χ4v) is 3.57. The first-order valence-electron chi connectivity index (χ1n) is 11.8. The first-order valence-corrected chi connectivity index (χ1v) is 11.8. The third-order valence-electron chi connectivity index (χ3n) is 4.98. The highest BCUT2D eigenvalue weighted by atomic mass is 19.1. The van der Waals surface area contributed by atoms with Gasteiger partial charge in [-0.1, -0.05) is 6.07 Å². The number of hydrogen-bond donors (Lipinski definition) is 1. The van der Waals surface area contributed by atoms with Gasteiger partial charge < -0.3 is 24.8 Å². The highest BCUT2D eigenvalue weighted by Gasteiger charge is 2.31. The number of carbonyl (C=O) groups excluding carboxylic acids is 2. The van der Waals surface area contributed by atoms with E-state index >= 15 is 0 Å². The summed E-state index contributed by atoms with van der Waals surface area (Å²) in [7, 11) is 0. The summed E-state index contributed by atoms with van der Waals surface area (Å²) in [5.74, 6) is -0.515. The Labute approximate surface area is 210 Å². The Bertz CT molecular complexity index is 1100. The van der Waals surface area contributed by atoms with Gasteiger partial charge in [-0.25, -0.2) is 18.9 Å². The largest absolute Gasteiger partial charge is 0.471 e. The van der Waals surface area contributed by atoms with Crippen molar-refractivity contribution in [1.82, 2.24) is 15.1 Å². The second kappa shape index (κ2) is 10.5. The van der Waals surface area contributed by atoms with Crippen molar-refractivity contribution in [3.8, 4) is 5.88 Å². The number of hydrogen-bond acceptors (Lipinski definition) is 8. The van der Waals surface area contributed by atoms with Crippen molar-refractivity contribution in [3.05, 3.63) is 36.1 Å². The summed E-state index contributed by atoms with van der Waals surface area (Å²) in [5, 5.41) is 7.95. The van der Waals surface area contributed by atoms with Crippen molar-refractivity contribution in [2.45, 2.75) is 71.7 Å². The van der Waals surface area contributed by atoms with Crippen LogP contribution in [0.25, 0.3) is 0 Å². The molecule has 0 unspecified atom stereocenters. The zero-order valence-electron chi connectivity index (χ0n) is 21.6. The molecule has 0 bridgehead atoms. The lowest BCUT2D eigenvalue weighted by Crippen LogP contribution is -2.46. The van der Waals surface area contributed by atoms with Gasteiger partial charge in [0.25, 0.3) is 0 Å². The lowest BCUT2D eigenvalue weighted by atomic mass is 10.1. The topological polar surface area (TPSA) is 120 Å². The Morgan fingerprint density at radius 3 is 2.42 bits per heavy atom. The number of anilines is 3. The van der Waals surface area contributed by atoms with Crippen LogP contribution in [0.15, 0.2) is 30.3 Å². The quantitative estimate of drug-likeness (QED) is 0.615. The summed E-state index contributed by atoms with van der Waals surface area (Å²) >= 11 is 0. The van der Waals surface area contributed by atoms with Crippen LogP contribution in [0.4, 0.5) is 31.2 Å². The number of aromatic nitrogens is 2. The SMILES string of the molecule is CC(C)(C)OC(=O)N1CCC[C@H](Oc2cc(N(C(=O)OC(C)(C)C)c3cccc(F)c3)c(N)nn2)C1. The number of piperidine rings is 1. The maximum atomic E-state index is 14.0. The molecule has 1 aliphatic heterocycles. The number of ether oxygens (including phenoxy) is 3. The minimum Gasteiger partial charge on any atom is -0.471 e. The Morgan fingerprint density at radius 1 is 1.08 bits per heavy atom. The molecule has 1 aliphatic rings. The molecule has 2 heterocycles. The number of halogens is 1. The maximum absolute atomic E-state index is 14.0. The molecular formula is C25H34FN5O5. The summed E-state index contributed by atoms with van der Waals surface area (Å²) in [5.41, 5.74) is 4.98. The minimum atomic E-state index is -0.815. The summed E-state index contributed by atoms with van der Waals surface area (Å²) in [4.78, 5) is 28.3. The van der Waals surface area contributed by atoms with Crippen molar-refractivity contribution >= 4 is 29.4 Å². The molecule has 1 saturated heterocycles. The molecule has 1 atom stereocenters. The zero-order chi connectivity index (χ0) is 26.7. The second-order valence-corrected chi connectivity index (χ2v) is 10.6. The van der Waals surface area contributed by atoms with Gasteiger partial charge in [0.05, 0.1) is 12.2 Å². The van der Waals surface area contributed by atoms with Crippen LogP contribution in [0.3, 0.4) is 0 Å². The van der Waals surface area contributed by atoms with Gasteiger partial charge in [0.1, 0.15) is 28.8 Å². The van der Waals surface area contributed by atoms with Crippen molar-refractivity contribution in [1.29, 1.82) is 0 Å². The van der Waals surface area contributed by atoms with Crippen molar-refractivity contribution in [2.75, 3.05) is 23.7 Å². The van der Waals surface area contributed by atoms with Crippen molar-refractivity contribution in [3.63, 3.8) is 0 Å². The maximum Gasteiger partial charge on any atom is 0.419 e. The molecule has 0 aliphatic carbocycles. The van der Waals surface area contributed by atoms with Gasteiger partial charge in [-0.15, -0.1) is 10.2 Å². The van der Waals surface area contributed by atoms with E-state index in [9.17, 15) is 14.0 Å². The van der Waals surface area contributed by atoms with Crippen LogP contribution in [-0.2, 0) is 9.47 Å². The molecule has 2 amide bonds. The third kappa shape index (κ3) is 7.43. The number of rotatable bonds is 4. The molecule has 0 saturated carbocycles. The highest BCUT2D eigenvalue weighted by Crippen LogP contribution is 2.34. The van der Waals surface area contributed by atoms with Gasteiger partial charge in [0.15, 0.2) is 5.82 Å². The molecule has 11 heteroatoms. The second-order valence-electron chi connectivity index (χ2n) is 10.6. The molecule has 2 aromatic rings. The molecule has 0 spiro atoms. The first-order chi connectivity index (χ1) is 16.7. The normalized spacial score (nSPS) is 16.3. The smallest absolute Gasteiger partial charge is 0.419 e. The fraction of sp³-hybridized carbons (Fsp3) is 0.520. The molecule has 3 rings (SSSR count). The number of amides is 2. The van der Waals surface area contributed by atoms with Crippen LogP contribution in [-0.4, -0.2) is 57.7 Å². The van der Waals surface area contributed by atoms with E-state index in [0.717, 1.165) is 4.90 Å². The number of nitrogens with two attached hydrogens (primary N) is 1. The van der Waals surface area contributed by atoms with Crippen LogP contribution in [0.5, 0.6) is 5.88 Å². The molecule has 36 heavy (non-hydrogen) atoms. The molecule has 2 N–H and O–H groups in total. The zero-order valence-corrected chi connectivity index (χ0v) is 21.6. The summed E-state index contributed by atoms with van der Waals surface area (Å²) in [6, 6.07) is 6.91. The van der Waals surface area contributed by atoms with Crippen LogP contribution in [0.1, 0.15) is 54.4 Å². The predicted octanol–water partition coefficient (Wildman–Crippen LogP) is 5.05. The van der Waals surface area contributed by atoms with Gasteiger partial charge in [0.2, 0.25) is 5.88 Å². The number of nitrogen functional groups attached to an aromatic ring is 1. The number of likely N-dealkylation sites (tertiary alicyclic amines) is 1. The monoisotopic (exact) mass is 503 g/mol. The van der Waals surface area contributed by atoms with Gasteiger partial charge in [-0.3, -0.25) is 0 Å². The summed E-state index contributed by atoms with van der Waals surface area (Å²) in [6.45, 7) is 11.4. The average molecular weight is 504 g/mol. The van der Waals surface area contributed by atoms with Crippen LogP contribution >= 0.6 is 0 Å². The number of benzene rings is 1. The molecule has 1 aromatic carbocycles. The van der Waals surface area contributed by atoms with E-state index < -0.39 is 29.2 Å². The number of nitrogens with zero attached hydrogens (tertiary/aromatic N) is 4. The summed E-state index contributed by atoms with van der Waals surface area (Å²) in [6.07, 6.45) is -0.164. The van der Waals surface area contributed by atoms with E-state index in [-0.39, 0.29) is 29.2 Å². The van der Waals surface area contributed by atoms with E-state index in [4.69, 9.17) is 19.9 Å². The van der Waals surface area contributed by atoms with Gasteiger partial charge in [-0.2, -0.15) is 0 Å². The molecule has 1 aromatic heterocycles. The van der Waals surface area contributed by atoms with Gasteiger partial charge >= 0.3 is 12.2 Å². The van der Waals surface area contributed by atoms with E-state index in [1.54, 1.807) is 31.7 Å². The molecule has 196 valence electrons. The van der Waals surface area contributed by atoms with Crippen molar-refractivity contribution in [2.24, 2.45) is 0 Å². The molecule has 1 fully saturated rings. The third-order valence-corrected chi connectivity index (χ3v) is 4.98. The lowest BCUT2D eigenvalue weighted by Gasteiger charge is -2.34. The molecule has 0 radical (unpaired) electrons. The number of carbonyl (C=O) groups is 2. The first kappa shape index (κ1) is 27.0. The molecular weight excluding hydrogens is 469 g/mol. The van der Waals surface area contributed by atoms with E-state index in [2.05, 4.69) is 10.2 Å². The van der Waals surface area contributed by atoms with Crippen molar-refractivity contribution < 1.29 is 28.2 Å². The standard InChI is InChI=1S/C25H34FN5O5/c1-24(2,3)35-22(32)30-12-8-11-18(15-30)34-20-14-19(21(27)29-28-20)31(23(33)36-25(4,5)6)17-10-7-9-16(26)13-17/h7,9-10,13-14,18H,8,11-12,15H2,1-6H3,(H2,27,29)/t18-/m0/s1. The predicted molar refractivity (Wildman–Crippen MR) is 133 cm³/mol. The lowest BCUT2D eigenvalue weighted by molar-refractivity contribution is 0.00710. The summed E-state index contributed by atoms with van der Waals surface area (Å²) < 4.78 is 31.1. The van der Waals surface area contributed by atoms with Gasteiger partial charge in [0, 0.05) is 12.6 Å². The Kier molecular flexibility index (Phi) is 7.90. The minimum absolute atomic E-state index is 0.0727. The van der Waals surface area contributed by atoms with E-state index in [1.165, 1.54) is 24.3 Å². The van der Waals surface area contributed by atoms with Crippen LogP contribution in [0, 0.1) is 5.82 Å². The Morgan fingerprint density at radius 2 is 1.78 bits per heavy atom. The fourth-order valence-electron chi connectivity index (χ4n) is 3.57. The van der Waals surface area contributed by atoms with Crippen LogP contribution < -0.4 is 15.4 Å². The average Bonchev–Trinajstić information content (AvgIpc) is 2.74. The highest BCUT2D eigenvalue weighted by molar-refractivity contribution is 5.98. The van der Waals surface area contributed by atoms with E-state index in [0.29, 0.717) is 25.9 Å².